The summed E-state index contributed by atoms with van der Waals surface area (Å²) in [7, 11) is 2.32. The van der Waals surface area contributed by atoms with Crippen LogP contribution in [-0.2, 0) is 20.4 Å². The number of rotatable bonds is 4. The summed E-state index contributed by atoms with van der Waals surface area (Å²) < 4.78 is 48.7. The number of halogens is 3. The van der Waals surface area contributed by atoms with Crippen molar-refractivity contribution in [3.63, 3.8) is 0 Å². The van der Waals surface area contributed by atoms with E-state index in [2.05, 4.69) is 9.47 Å². The highest BCUT2D eigenvalue weighted by Crippen LogP contribution is 2.43. The highest BCUT2D eigenvalue weighted by molar-refractivity contribution is 8.00. The normalized spacial score (nSPS) is 16.5. The Morgan fingerprint density at radius 2 is 1.63 bits per heavy atom. The summed E-state index contributed by atoms with van der Waals surface area (Å²) in [5, 5.41) is -0.766. The lowest BCUT2D eigenvalue weighted by Crippen LogP contribution is -2.28. The van der Waals surface area contributed by atoms with Gasteiger partial charge in [-0.3, -0.25) is 9.69 Å². The van der Waals surface area contributed by atoms with E-state index < -0.39 is 29.1 Å². The Kier molecular flexibility index (Phi) is 6.06. The van der Waals surface area contributed by atoms with Crippen molar-refractivity contribution < 1.29 is 37.0 Å². The minimum absolute atomic E-state index is 0.00268. The lowest BCUT2D eigenvalue weighted by Gasteiger charge is -2.25. The largest absolute Gasteiger partial charge is 0.465 e. The third kappa shape index (κ3) is 4.28. The van der Waals surface area contributed by atoms with Crippen molar-refractivity contribution in [2.45, 2.75) is 11.6 Å². The number of carbonyl (C=O) groups excluding carboxylic acids is 3. The van der Waals surface area contributed by atoms with Gasteiger partial charge in [0.25, 0.3) is 0 Å². The first-order chi connectivity index (χ1) is 14.2. The fraction of sp³-hybridized carbons (Fsp3) is 0.250. The van der Waals surface area contributed by atoms with E-state index >= 15 is 0 Å². The predicted octanol–water partition coefficient (Wildman–Crippen LogP) is 4.06. The zero-order valence-electron chi connectivity index (χ0n) is 15.9. The van der Waals surface area contributed by atoms with E-state index in [4.69, 9.17) is 0 Å². The maximum atomic E-state index is 13.1. The Hall–Kier alpha value is -3.01. The van der Waals surface area contributed by atoms with Crippen LogP contribution in [0.1, 0.15) is 37.2 Å². The van der Waals surface area contributed by atoms with Gasteiger partial charge < -0.3 is 9.47 Å². The van der Waals surface area contributed by atoms with E-state index in [1.807, 2.05) is 0 Å². The zero-order valence-corrected chi connectivity index (χ0v) is 16.7. The molecular formula is C20H16F3NO5S. The molecule has 1 heterocycles. The molecule has 2 aromatic carbocycles. The standard InChI is InChI=1S/C20H16F3NO5S/c1-28-18(26)12-6-13(19(27)29-2)9-15(8-12)24-16(25)10-30-17(24)11-4-3-5-14(7-11)20(21,22)23/h3-9,17H,10H2,1-2H3/t17-/m0/s1. The van der Waals surface area contributed by atoms with Crippen LogP contribution in [-0.4, -0.2) is 37.8 Å². The van der Waals surface area contributed by atoms with Crippen LogP contribution in [0.3, 0.4) is 0 Å². The quantitative estimate of drug-likeness (QED) is 0.669. The number of methoxy groups -OCH3 is 2. The molecule has 3 rings (SSSR count). The Labute approximate surface area is 173 Å². The summed E-state index contributed by atoms with van der Waals surface area (Å²) in [6.45, 7) is 0. The smallest absolute Gasteiger partial charge is 0.416 e. The summed E-state index contributed by atoms with van der Waals surface area (Å²) in [4.78, 5) is 37.9. The highest BCUT2D eigenvalue weighted by atomic mass is 32.2. The second-order valence-electron chi connectivity index (χ2n) is 6.30. The van der Waals surface area contributed by atoms with Crippen LogP contribution in [0.5, 0.6) is 0 Å². The molecule has 158 valence electrons. The number of thioether (sulfide) groups is 1. The number of anilines is 1. The predicted molar refractivity (Wildman–Crippen MR) is 103 cm³/mol. The fourth-order valence-electron chi connectivity index (χ4n) is 3.04. The van der Waals surface area contributed by atoms with Gasteiger partial charge in [0.15, 0.2) is 0 Å². The molecule has 0 bridgehead atoms. The SMILES string of the molecule is COC(=O)c1cc(C(=O)OC)cc(N2C(=O)CS[C@H]2c2cccc(C(F)(F)F)c2)c1. The molecule has 0 radical (unpaired) electrons. The van der Waals surface area contributed by atoms with E-state index in [1.165, 1.54) is 35.2 Å². The molecule has 10 heteroatoms. The van der Waals surface area contributed by atoms with Gasteiger partial charge in [0.1, 0.15) is 5.37 Å². The number of carbonyl (C=O) groups is 3. The van der Waals surface area contributed by atoms with Crippen LogP contribution < -0.4 is 4.90 Å². The van der Waals surface area contributed by atoms with Crippen LogP contribution in [0.2, 0.25) is 0 Å². The number of ether oxygens (including phenoxy) is 2. The summed E-state index contributed by atoms with van der Waals surface area (Å²) in [6.07, 6.45) is -4.53. The third-order valence-corrected chi connectivity index (χ3v) is 5.62. The molecule has 1 aliphatic heterocycles. The number of esters is 2. The van der Waals surface area contributed by atoms with Crippen LogP contribution >= 0.6 is 11.8 Å². The van der Waals surface area contributed by atoms with Crippen molar-refractivity contribution in [1.29, 1.82) is 0 Å². The maximum Gasteiger partial charge on any atom is 0.416 e. The summed E-state index contributed by atoms with van der Waals surface area (Å²) in [6, 6.07) is 8.64. The second-order valence-corrected chi connectivity index (χ2v) is 7.37. The molecule has 1 saturated heterocycles. The number of benzene rings is 2. The molecule has 0 aromatic heterocycles. The molecule has 6 nitrogen and oxygen atoms in total. The fourth-order valence-corrected chi connectivity index (χ4v) is 4.21. The van der Waals surface area contributed by atoms with Crippen molar-refractivity contribution in [1.82, 2.24) is 0 Å². The number of hydrogen-bond donors (Lipinski definition) is 0. The highest BCUT2D eigenvalue weighted by Gasteiger charge is 2.37. The first kappa shape index (κ1) is 21.7. The van der Waals surface area contributed by atoms with Crippen LogP contribution in [0.25, 0.3) is 0 Å². The lowest BCUT2D eigenvalue weighted by molar-refractivity contribution is -0.137. The van der Waals surface area contributed by atoms with Gasteiger partial charge in [-0.25, -0.2) is 9.59 Å². The molecule has 2 aromatic rings. The van der Waals surface area contributed by atoms with Crippen molar-refractivity contribution in [2.75, 3.05) is 24.9 Å². The van der Waals surface area contributed by atoms with Gasteiger partial charge in [0.2, 0.25) is 5.91 Å². The maximum absolute atomic E-state index is 13.1. The third-order valence-electron chi connectivity index (χ3n) is 4.41. The molecule has 1 fully saturated rings. The van der Waals surface area contributed by atoms with E-state index in [-0.39, 0.29) is 34.0 Å². The van der Waals surface area contributed by atoms with Gasteiger partial charge in [-0.15, -0.1) is 11.8 Å². The average molecular weight is 439 g/mol. The van der Waals surface area contributed by atoms with Gasteiger partial charge in [-0.1, -0.05) is 12.1 Å². The molecule has 0 unspecified atom stereocenters. The molecular weight excluding hydrogens is 423 g/mol. The first-order valence-corrected chi connectivity index (χ1v) is 9.63. The monoisotopic (exact) mass is 439 g/mol. The van der Waals surface area contributed by atoms with Crippen LogP contribution in [0, 0.1) is 0 Å². The topological polar surface area (TPSA) is 72.9 Å². The molecule has 0 saturated carbocycles. The van der Waals surface area contributed by atoms with Crippen molar-refractivity contribution >= 4 is 35.3 Å². The molecule has 0 spiro atoms. The lowest BCUT2D eigenvalue weighted by atomic mass is 10.1. The summed E-state index contributed by atoms with van der Waals surface area (Å²) in [5.41, 5.74) is -0.385. The molecule has 1 aliphatic rings. The zero-order chi connectivity index (χ0) is 22.1. The Morgan fingerprint density at radius 3 is 2.17 bits per heavy atom. The van der Waals surface area contributed by atoms with Crippen molar-refractivity contribution in [2.24, 2.45) is 0 Å². The Morgan fingerprint density at radius 1 is 1.03 bits per heavy atom. The van der Waals surface area contributed by atoms with E-state index in [0.29, 0.717) is 0 Å². The molecule has 30 heavy (non-hydrogen) atoms. The van der Waals surface area contributed by atoms with Crippen molar-refractivity contribution in [3.8, 4) is 0 Å². The number of amides is 1. The molecule has 1 atom stereocenters. The van der Waals surface area contributed by atoms with Gasteiger partial charge in [-0.05, 0) is 35.9 Å². The number of hydrogen-bond acceptors (Lipinski definition) is 6. The molecule has 0 aliphatic carbocycles. The first-order valence-electron chi connectivity index (χ1n) is 8.58. The molecule has 1 amide bonds. The molecule has 0 N–H and O–H groups in total. The van der Waals surface area contributed by atoms with Gasteiger partial charge in [0.05, 0.1) is 36.7 Å². The van der Waals surface area contributed by atoms with Gasteiger partial charge in [-0.2, -0.15) is 13.2 Å². The second kappa shape index (κ2) is 8.39. The van der Waals surface area contributed by atoms with Gasteiger partial charge in [0, 0.05) is 5.69 Å². The van der Waals surface area contributed by atoms with E-state index in [1.54, 1.807) is 0 Å². The van der Waals surface area contributed by atoms with E-state index in [9.17, 15) is 27.6 Å². The number of alkyl halides is 3. The van der Waals surface area contributed by atoms with Crippen LogP contribution in [0.4, 0.5) is 18.9 Å². The summed E-state index contributed by atoms with van der Waals surface area (Å²) in [5.74, 6) is -1.83. The van der Waals surface area contributed by atoms with Crippen molar-refractivity contribution in [3.05, 3.63) is 64.7 Å². The number of nitrogens with zero attached hydrogens (tertiary/aromatic N) is 1. The van der Waals surface area contributed by atoms with Crippen LogP contribution in [0.15, 0.2) is 42.5 Å². The minimum atomic E-state index is -4.53. The Balaban J connectivity index is 2.10. The van der Waals surface area contributed by atoms with E-state index in [0.717, 1.165) is 38.1 Å². The minimum Gasteiger partial charge on any atom is -0.465 e. The average Bonchev–Trinajstić information content (AvgIpc) is 3.13. The summed E-state index contributed by atoms with van der Waals surface area (Å²) >= 11 is 1.14. The van der Waals surface area contributed by atoms with Gasteiger partial charge >= 0.3 is 18.1 Å². The Bertz CT molecular complexity index is 974.